The molecule has 4 rings (SSSR count). The number of halogens is 1. The van der Waals surface area contributed by atoms with Crippen molar-refractivity contribution in [3.05, 3.63) is 65.3 Å². The van der Waals surface area contributed by atoms with E-state index in [1.54, 1.807) is 0 Å². The zero-order valence-electron chi connectivity index (χ0n) is 16.4. The molecule has 2 aromatic carbocycles. The van der Waals surface area contributed by atoms with E-state index in [4.69, 9.17) is 11.6 Å². The lowest BCUT2D eigenvalue weighted by atomic mass is 10.0. The Kier molecular flexibility index (Phi) is 6.13. The third kappa shape index (κ3) is 4.69. The minimum atomic E-state index is -3.89. The highest BCUT2D eigenvalue weighted by Crippen LogP contribution is 2.22. The fourth-order valence-corrected chi connectivity index (χ4v) is 5.27. The van der Waals surface area contributed by atoms with Gasteiger partial charge in [0.05, 0.1) is 4.90 Å². The molecule has 0 unspecified atom stereocenters. The second-order valence-electron chi connectivity index (χ2n) is 7.68. The second-order valence-corrected chi connectivity index (χ2v) is 9.83. The third-order valence-corrected chi connectivity index (χ3v) is 7.28. The predicted octanol–water partition coefficient (Wildman–Crippen LogP) is 3.77. The number of hydrogen-bond donors (Lipinski definition) is 3. The molecule has 1 aliphatic rings. The monoisotopic (exact) mass is 445 g/mol. The van der Waals surface area contributed by atoms with E-state index in [9.17, 15) is 13.2 Å². The van der Waals surface area contributed by atoms with Crippen molar-refractivity contribution in [2.24, 2.45) is 0 Å². The molecule has 8 heteroatoms. The van der Waals surface area contributed by atoms with Gasteiger partial charge in [-0.05, 0) is 55.2 Å². The molecule has 1 saturated carbocycles. The summed E-state index contributed by atoms with van der Waals surface area (Å²) in [6.45, 7) is 0. The van der Waals surface area contributed by atoms with E-state index in [1.807, 2.05) is 30.5 Å². The van der Waals surface area contributed by atoms with Crippen LogP contribution in [0.15, 0.2) is 59.6 Å². The van der Waals surface area contributed by atoms with Crippen molar-refractivity contribution in [1.82, 2.24) is 15.0 Å². The molecule has 1 atom stereocenters. The van der Waals surface area contributed by atoms with Crippen LogP contribution in [-0.2, 0) is 21.2 Å². The highest BCUT2D eigenvalue weighted by molar-refractivity contribution is 7.89. The van der Waals surface area contributed by atoms with Gasteiger partial charge in [-0.3, -0.25) is 4.79 Å². The summed E-state index contributed by atoms with van der Waals surface area (Å²) in [6.07, 6.45) is 6.08. The summed E-state index contributed by atoms with van der Waals surface area (Å²) in [5, 5.41) is 4.45. The molecule has 1 heterocycles. The number of sulfonamides is 1. The fourth-order valence-electron chi connectivity index (χ4n) is 3.95. The van der Waals surface area contributed by atoms with E-state index >= 15 is 0 Å². The van der Waals surface area contributed by atoms with Gasteiger partial charge in [-0.25, -0.2) is 8.42 Å². The van der Waals surface area contributed by atoms with Gasteiger partial charge in [0.2, 0.25) is 15.9 Å². The van der Waals surface area contributed by atoms with Crippen molar-refractivity contribution in [1.29, 1.82) is 0 Å². The summed E-state index contributed by atoms with van der Waals surface area (Å²) >= 11 is 5.88. The first-order valence-corrected chi connectivity index (χ1v) is 11.9. The first-order valence-electron chi connectivity index (χ1n) is 10.1. The summed E-state index contributed by atoms with van der Waals surface area (Å²) < 4.78 is 28.5. The van der Waals surface area contributed by atoms with Gasteiger partial charge in [0.15, 0.2) is 0 Å². The Morgan fingerprint density at radius 3 is 2.53 bits per heavy atom. The lowest BCUT2D eigenvalue weighted by molar-refractivity contribution is -0.123. The Labute approximate surface area is 181 Å². The second kappa shape index (κ2) is 8.79. The van der Waals surface area contributed by atoms with Gasteiger partial charge in [0, 0.05) is 28.2 Å². The van der Waals surface area contributed by atoms with Gasteiger partial charge >= 0.3 is 0 Å². The van der Waals surface area contributed by atoms with E-state index in [1.165, 1.54) is 24.3 Å². The van der Waals surface area contributed by atoms with Crippen molar-refractivity contribution < 1.29 is 13.2 Å². The van der Waals surface area contributed by atoms with Crippen LogP contribution in [0.25, 0.3) is 10.9 Å². The van der Waals surface area contributed by atoms with E-state index < -0.39 is 16.1 Å². The Bertz CT molecular complexity index is 1140. The minimum Gasteiger partial charge on any atom is -0.361 e. The molecule has 0 bridgehead atoms. The zero-order valence-corrected chi connectivity index (χ0v) is 18.0. The fraction of sp³-hybridized carbons (Fsp3) is 0.318. The lowest BCUT2D eigenvalue weighted by Gasteiger charge is -2.21. The number of benzene rings is 2. The highest BCUT2D eigenvalue weighted by Gasteiger charge is 2.29. The van der Waals surface area contributed by atoms with Crippen molar-refractivity contribution >= 4 is 38.4 Å². The van der Waals surface area contributed by atoms with Crippen molar-refractivity contribution in [3.8, 4) is 0 Å². The third-order valence-electron chi connectivity index (χ3n) is 5.54. The maximum absolute atomic E-state index is 13.1. The number of carbonyl (C=O) groups excluding carboxylic acids is 1. The maximum atomic E-state index is 13.1. The van der Waals surface area contributed by atoms with Crippen molar-refractivity contribution in [2.75, 3.05) is 0 Å². The molecule has 158 valence electrons. The summed E-state index contributed by atoms with van der Waals surface area (Å²) in [6, 6.07) is 12.8. The van der Waals surface area contributed by atoms with Crippen LogP contribution in [-0.4, -0.2) is 31.4 Å². The largest absolute Gasteiger partial charge is 0.361 e. The van der Waals surface area contributed by atoms with Crippen molar-refractivity contribution in [2.45, 2.75) is 49.1 Å². The average molecular weight is 446 g/mol. The van der Waals surface area contributed by atoms with Crippen LogP contribution in [0.3, 0.4) is 0 Å². The topological polar surface area (TPSA) is 91.1 Å². The van der Waals surface area contributed by atoms with E-state index in [2.05, 4.69) is 15.0 Å². The number of rotatable bonds is 7. The number of aromatic nitrogens is 1. The Balaban J connectivity index is 1.60. The van der Waals surface area contributed by atoms with Gasteiger partial charge in [0.1, 0.15) is 6.04 Å². The van der Waals surface area contributed by atoms with Gasteiger partial charge in [-0.15, -0.1) is 0 Å². The maximum Gasteiger partial charge on any atom is 0.241 e. The number of H-pyrrole nitrogens is 1. The van der Waals surface area contributed by atoms with Gasteiger partial charge in [-0.1, -0.05) is 42.6 Å². The molecular weight excluding hydrogens is 422 g/mol. The number of hydrogen-bond acceptors (Lipinski definition) is 3. The number of para-hydroxylation sites is 1. The molecule has 3 aromatic rings. The molecule has 30 heavy (non-hydrogen) atoms. The van der Waals surface area contributed by atoms with Crippen LogP contribution in [0.5, 0.6) is 0 Å². The molecule has 1 aliphatic carbocycles. The SMILES string of the molecule is O=C(NC1CCCC1)[C@H](Cc1c[nH]c2ccccc12)NS(=O)(=O)c1ccc(Cl)cc1. The molecule has 0 aliphatic heterocycles. The first kappa shape index (κ1) is 20.9. The van der Waals surface area contributed by atoms with Crippen LogP contribution in [0, 0.1) is 0 Å². The molecule has 0 spiro atoms. The van der Waals surface area contributed by atoms with Crippen LogP contribution in [0.2, 0.25) is 5.02 Å². The van der Waals surface area contributed by atoms with E-state index in [-0.39, 0.29) is 23.3 Å². The standard InChI is InChI=1S/C22H24ClN3O3S/c23-16-9-11-18(12-10-16)30(28,29)26-21(22(27)25-17-5-1-2-6-17)13-15-14-24-20-8-4-3-7-19(15)20/h3-4,7-12,14,17,21,24,26H,1-2,5-6,13H2,(H,25,27)/t21-/m0/s1. The predicted molar refractivity (Wildman–Crippen MR) is 118 cm³/mol. The minimum absolute atomic E-state index is 0.0736. The summed E-state index contributed by atoms with van der Waals surface area (Å²) in [5.74, 6) is -0.301. The summed E-state index contributed by atoms with van der Waals surface area (Å²) in [5.41, 5.74) is 1.83. The summed E-state index contributed by atoms with van der Waals surface area (Å²) in [4.78, 5) is 16.3. The van der Waals surface area contributed by atoms with Crippen LogP contribution in [0.1, 0.15) is 31.2 Å². The Morgan fingerprint density at radius 2 is 1.80 bits per heavy atom. The number of fused-ring (bicyclic) bond motifs is 1. The molecule has 0 saturated heterocycles. The Hall–Kier alpha value is -2.35. The summed E-state index contributed by atoms with van der Waals surface area (Å²) in [7, 11) is -3.89. The van der Waals surface area contributed by atoms with Crippen LogP contribution < -0.4 is 10.0 Å². The van der Waals surface area contributed by atoms with Gasteiger partial charge in [-0.2, -0.15) is 4.72 Å². The van der Waals surface area contributed by atoms with E-state index in [0.717, 1.165) is 42.1 Å². The van der Waals surface area contributed by atoms with Gasteiger partial charge < -0.3 is 10.3 Å². The number of nitrogens with one attached hydrogen (secondary N) is 3. The van der Waals surface area contributed by atoms with Gasteiger partial charge in [0.25, 0.3) is 0 Å². The van der Waals surface area contributed by atoms with E-state index in [0.29, 0.717) is 5.02 Å². The molecule has 0 radical (unpaired) electrons. The molecule has 1 aromatic heterocycles. The zero-order chi connectivity index (χ0) is 21.1. The first-order chi connectivity index (χ1) is 14.4. The number of aromatic amines is 1. The number of amides is 1. The Morgan fingerprint density at radius 1 is 1.10 bits per heavy atom. The van der Waals surface area contributed by atoms with Crippen LogP contribution >= 0.6 is 11.6 Å². The molecule has 6 nitrogen and oxygen atoms in total. The molecule has 1 amide bonds. The molecular formula is C22H24ClN3O3S. The molecule has 1 fully saturated rings. The lowest BCUT2D eigenvalue weighted by Crippen LogP contribution is -2.50. The number of carbonyl (C=O) groups is 1. The van der Waals surface area contributed by atoms with Crippen LogP contribution in [0.4, 0.5) is 0 Å². The highest BCUT2D eigenvalue weighted by atomic mass is 35.5. The quantitative estimate of drug-likeness (QED) is 0.517. The normalized spacial score (nSPS) is 16.0. The molecule has 3 N–H and O–H groups in total. The average Bonchev–Trinajstić information content (AvgIpc) is 3.38. The van der Waals surface area contributed by atoms with Crippen molar-refractivity contribution in [3.63, 3.8) is 0 Å². The smallest absolute Gasteiger partial charge is 0.241 e.